The van der Waals surface area contributed by atoms with Gasteiger partial charge in [0.25, 0.3) is 0 Å². The molecule has 0 aliphatic carbocycles. The minimum atomic E-state index is -3.07. The SMILES string of the molecule is Cc1cc(NC(=O)[C@H]2CC(=O)N(c3ccccc3)C2)n([C@@H]2CCS(=O)(=O)C2)n1. The van der Waals surface area contributed by atoms with Crippen LogP contribution in [0.15, 0.2) is 36.4 Å². The third kappa shape index (κ3) is 3.66. The molecule has 2 amide bonds. The van der Waals surface area contributed by atoms with Gasteiger partial charge in [-0.2, -0.15) is 5.10 Å². The lowest BCUT2D eigenvalue weighted by atomic mass is 10.1. The summed E-state index contributed by atoms with van der Waals surface area (Å²) < 4.78 is 25.2. The molecule has 1 aromatic carbocycles. The number of amides is 2. The number of nitrogens with zero attached hydrogens (tertiary/aromatic N) is 3. The number of rotatable bonds is 4. The van der Waals surface area contributed by atoms with Crippen LogP contribution in [0.2, 0.25) is 0 Å². The van der Waals surface area contributed by atoms with E-state index in [1.165, 1.54) is 0 Å². The summed E-state index contributed by atoms with van der Waals surface area (Å²) in [6.45, 7) is 2.12. The average Bonchev–Trinajstić information content (AvgIpc) is 3.32. The molecule has 0 radical (unpaired) electrons. The normalized spacial score (nSPS) is 23.9. The third-order valence-corrected chi connectivity index (χ3v) is 6.98. The van der Waals surface area contributed by atoms with Gasteiger partial charge in [-0.25, -0.2) is 13.1 Å². The van der Waals surface area contributed by atoms with E-state index in [0.29, 0.717) is 24.5 Å². The van der Waals surface area contributed by atoms with Gasteiger partial charge < -0.3 is 10.2 Å². The van der Waals surface area contributed by atoms with Crippen molar-refractivity contribution in [1.82, 2.24) is 9.78 Å². The fourth-order valence-electron chi connectivity index (χ4n) is 3.83. The van der Waals surface area contributed by atoms with Crippen LogP contribution in [0.4, 0.5) is 11.5 Å². The van der Waals surface area contributed by atoms with Crippen LogP contribution < -0.4 is 10.2 Å². The Labute approximate surface area is 163 Å². The van der Waals surface area contributed by atoms with E-state index < -0.39 is 15.8 Å². The quantitative estimate of drug-likeness (QED) is 0.836. The van der Waals surface area contributed by atoms with Crippen LogP contribution in [0.5, 0.6) is 0 Å². The monoisotopic (exact) mass is 402 g/mol. The second-order valence-electron chi connectivity index (χ2n) is 7.40. The molecule has 2 aromatic rings. The van der Waals surface area contributed by atoms with Crippen molar-refractivity contribution in [3.63, 3.8) is 0 Å². The summed E-state index contributed by atoms with van der Waals surface area (Å²) in [4.78, 5) is 26.8. The molecule has 148 valence electrons. The van der Waals surface area contributed by atoms with Crippen molar-refractivity contribution in [2.24, 2.45) is 5.92 Å². The van der Waals surface area contributed by atoms with Gasteiger partial charge in [0.2, 0.25) is 11.8 Å². The van der Waals surface area contributed by atoms with E-state index in [1.54, 1.807) is 22.6 Å². The molecule has 9 heteroatoms. The summed E-state index contributed by atoms with van der Waals surface area (Å²) in [5, 5.41) is 7.23. The molecule has 28 heavy (non-hydrogen) atoms. The number of para-hydroxylation sites is 1. The van der Waals surface area contributed by atoms with Crippen molar-refractivity contribution in [3.8, 4) is 0 Å². The first-order valence-electron chi connectivity index (χ1n) is 9.25. The van der Waals surface area contributed by atoms with Gasteiger partial charge in [0, 0.05) is 24.7 Å². The zero-order valence-corrected chi connectivity index (χ0v) is 16.4. The molecule has 2 aliphatic heterocycles. The Morgan fingerprint density at radius 1 is 1.25 bits per heavy atom. The molecule has 0 spiro atoms. The Morgan fingerprint density at radius 2 is 2.00 bits per heavy atom. The van der Waals surface area contributed by atoms with E-state index in [9.17, 15) is 18.0 Å². The highest BCUT2D eigenvalue weighted by molar-refractivity contribution is 7.91. The highest BCUT2D eigenvalue weighted by Gasteiger charge is 2.36. The van der Waals surface area contributed by atoms with Gasteiger partial charge in [0.15, 0.2) is 9.84 Å². The van der Waals surface area contributed by atoms with Gasteiger partial charge in [-0.15, -0.1) is 0 Å². The zero-order chi connectivity index (χ0) is 19.9. The topological polar surface area (TPSA) is 101 Å². The van der Waals surface area contributed by atoms with Gasteiger partial charge in [-0.05, 0) is 25.5 Å². The fraction of sp³-hybridized carbons (Fsp3) is 0.421. The van der Waals surface area contributed by atoms with Crippen LogP contribution in [-0.2, 0) is 19.4 Å². The molecular formula is C19H22N4O4S. The van der Waals surface area contributed by atoms with Crippen LogP contribution in [-0.4, -0.2) is 48.1 Å². The van der Waals surface area contributed by atoms with Gasteiger partial charge in [-0.1, -0.05) is 18.2 Å². The molecule has 0 bridgehead atoms. The maximum Gasteiger partial charge on any atom is 0.230 e. The van der Waals surface area contributed by atoms with Crippen molar-refractivity contribution < 1.29 is 18.0 Å². The van der Waals surface area contributed by atoms with Crippen molar-refractivity contribution in [2.75, 3.05) is 28.3 Å². The van der Waals surface area contributed by atoms with Crippen molar-refractivity contribution in [3.05, 3.63) is 42.1 Å². The molecule has 0 saturated carbocycles. The van der Waals surface area contributed by atoms with Gasteiger partial charge in [-0.3, -0.25) is 9.59 Å². The summed E-state index contributed by atoms with van der Waals surface area (Å²) in [6, 6.07) is 10.7. The molecule has 1 N–H and O–H groups in total. The number of sulfone groups is 1. The molecule has 8 nitrogen and oxygen atoms in total. The molecule has 4 rings (SSSR count). The Morgan fingerprint density at radius 3 is 2.68 bits per heavy atom. The maximum atomic E-state index is 12.8. The van der Waals surface area contributed by atoms with Gasteiger partial charge in [0.1, 0.15) is 5.82 Å². The minimum absolute atomic E-state index is 0.0285. The number of nitrogens with one attached hydrogen (secondary N) is 1. The number of anilines is 2. The zero-order valence-electron chi connectivity index (χ0n) is 15.5. The number of carbonyl (C=O) groups excluding carboxylic acids is 2. The number of carbonyl (C=O) groups is 2. The standard InChI is InChI=1S/C19H22N4O4S/c1-13-9-17(23(21-13)16-7-8-28(26,27)12-16)20-19(25)14-10-18(24)22(11-14)15-5-3-2-4-6-15/h2-6,9,14,16H,7-8,10-12H2,1H3,(H,20,25)/t14-,16+/m0/s1. The molecule has 2 fully saturated rings. The largest absolute Gasteiger partial charge is 0.312 e. The van der Waals surface area contributed by atoms with Gasteiger partial charge in [0.05, 0.1) is 29.2 Å². The number of hydrogen-bond donors (Lipinski definition) is 1. The lowest BCUT2D eigenvalue weighted by molar-refractivity contribution is -0.122. The smallest absolute Gasteiger partial charge is 0.230 e. The van der Waals surface area contributed by atoms with Crippen molar-refractivity contribution in [2.45, 2.75) is 25.8 Å². The lowest BCUT2D eigenvalue weighted by Crippen LogP contribution is -2.29. The van der Waals surface area contributed by atoms with Gasteiger partial charge >= 0.3 is 0 Å². The first-order chi connectivity index (χ1) is 13.3. The predicted molar refractivity (Wildman–Crippen MR) is 105 cm³/mol. The molecule has 0 unspecified atom stereocenters. The van der Waals surface area contributed by atoms with Crippen LogP contribution >= 0.6 is 0 Å². The van der Waals surface area contributed by atoms with Crippen molar-refractivity contribution >= 4 is 33.2 Å². The fourth-order valence-corrected chi connectivity index (χ4v) is 5.52. The Bertz CT molecular complexity index is 1020. The third-order valence-electron chi connectivity index (χ3n) is 5.23. The van der Waals surface area contributed by atoms with Crippen LogP contribution in [0.1, 0.15) is 24.6 Å². The van der Waals surface area contributed by atoms with E-state index in [1.807, 2.05) is 30.3 Å². The Kier molecular flexibility index (Phi) is 4.70. The summed E-state index contributed by atoms with van der Waals surface area (Å²) in [5.41, 5.74) is 1.48. The first kappa shape index (κ1) is 18.7. The minimum Gasteiger partial charge on any atom is -0.312 e. The van der Waals surface area contributed by atoms with Crippen LogP contribution in [0, 0.1) is 12.8 Å². The number of aryl methyl sites for hydroxylation is 1. The van der Waals surface area contributed by atoms with Crippen molar-refractivity contribution in [1.29, 1.82) is 0 Å². The molecule has 3 heterocycles. The van der Waals surface area contributed by atoms with E-state index in [0.717, 1.165) is 5.69 Å². The average molecular weight is 402 g/mol. The van der Waals surface area contributed by atoms with Crippen LogP contribution in [0.3, 0.4) is 0 Å². The predicted octanol–water partition coefficient (Wildman–Crippen LogP) is 1.54. The second kappa shape index (κ2) is 7.05. The summed E-state index contributed by atoms with van der Waals surface area (Å²) in [7, 11) is -3.07. The first-order valence-corrected chi connectivity index (χ1v) is 11.1. The highest BCUT2D eigenvalue weighted by Crippen LogP contribution is 2.29. The maximum absolute atomic E-state index is 12.8. The molecule has 1 aromatic heterocycles. The molecular weight excluding hydrogens is 380 g/mol. The van der Waals surface area contributed by atoms with E-state index in [2.05, 4.69) is 10.4 Å². The van der Waals surface area contributed by atoms with E-state index >= 15 is 0 Å². The summed E-state index contributed by atoms with van der Waals surface area (Å²) in [5.74, 6) is -0.168. The highest BCUT2D eigenvalue weighted by atomic mass is 32.2. The summed E-state index contributed by atoms with van der Waals surface area (Å²) >= 11 is 0. The van der Waals surface area contributed by atoms with E-state index in [-0.39, 0.29) is 35.8 Å². The number of aromatic nitrogens is 2. The molecule has 2 atom stereocenters. The molecule has 2 saturated heterocycles. The Balaban J connectivity index is 1.48. The van der Waals surface area contributed by atoms with Crippen LogP contribution in [0.25, 0.3) is 0 Å². The molecule has 2 aliphatic rings. The Hall–Kier alpha value is -2.68. The summed E-state index contributed by atoms with van der Waals surface area (Å²) in [6.07, 6.45) is 0.627. The van der Waals surface area contributed by atoms with E-state index in [4.69, 9.17) is 0 Å². The number of benzene rings is 1. The number of hydrogen-bond acceptors (Lipinski definition) is 5. The lowest BCUT2D eigenvalue weighted by Gasteiger charge is -2.17. The second-order valence-corrected chi connectivity index (χ2v) is 9.63.